The molecule has 5 nitrogen and oxygen atoms in total. The second-order valence-corrected chi connectivity index (χ2v) is 8.87. The van der Waals surface area contributed by atoms with Gasteiger partial charge in [-0.25, -0.2) is 8.42 Å². The zero-order valence-corrected chi connectivity index (χ0v) is 14.7. The molecule has 2 heterocycles. The first-order valence-corrected chi connectivity index (χ1v) is 10.6. The van der Waals surface area contributed by atoms with E-state index >= 15 is 0 Å². The highest BCUT2D eigenvalue weighted by Gasteiger charge is 2.16. The maximum absolute atomic E-state index is 12.2. The molecular weight excluding hydrogens is 330 g/mol. The molecule has 3 rings (SSSR count). The van der Waals surface area contributed by atoms with Crippen molar-refractivity contribution in [2.75, 3.05) is 11.5 Å². The molecule has 0 amide bonds. The summed E-state index contributed by atoms with van der Waals surface area (Å²) < 4.78 is 26.7. The molecule has 0 bridgehead atoms. The average molecular weight is 351 g/mol. The highest BCUT2D eigenvalue weighted by Crippen LogP contribution is 2.22. The van der Waals surface area contributed by atoms with Crippen LogP contribution in [0.3, 0.4) is 0 Å². The van der Waals surface area contributed by atoms with Gasteiger partial charge in [0.25, 0.3) is 0 Å². The van der Waals surface area contributed by atoms with E-state index in [1.165, 1.54) is 19.3 Å². The van der Waals surface area contributed by atoms with E-state index in [-0.39, 0.29) is 5.75 Å². The van der Waals surface area contributed by atoms with Crippen molar-refractivity contribution < 1.29 is 8.42 Å². The third-order valence-corrected chi connectivity index (χ3v) is 6.84. The Bertz CT molecular complexity index is 742. The van der Waals surface area contributed by atoms with Crippen LogP contribution < -0.4 is 0 Å². The summed E-state index contributed by atoms with van der Waals surface area (Å²) in [7, 11) is -3.18. The molecule has 1 aliphatic rings. The Morgan fingerprint density at radius 2 is 1.91 bits per heavy atom. The fourth-order valence-electron chi connectivity index (χ4n) is 2.72. The maximum Gasteiger partial charge on any atom is 0.191 e. The van der Waals surface area contributed by atoms with Crippen LogP contribution in [0.15, 0.2) is 40.4 Å². The Morgan fingerprint density at radius 1 is 1.09 bits per heavy atom. The van der Waals surface area contributed by atoms with Crippen LogP contribution in [0.5, 0.6) is 0 Å². The van der Waals surface area contributed by atoms with Crippen molar-refractivity contribution in [2.24, 2.45) is 0 Å². The highest BCUT2D eigenvalue weighted by atomic mass is 32.2. The Kier molecular flexibility index (Phi) is 5.38. The van der Waals surface area contributed by atoms with E-state index in [0.717, 1.165) is 29.7 Å². The number of sulfone groups is 1. The number of aromatic nitrogens is 3. The van der Waals surface area contributed by atoms with Crippen LogP contribution in [0.25, 0.3) is 0 Å². The number of aryl methyl sites for hydroxylation is 1. The predicted molar refractivity (Wildman–Crippen MR) is 91.4 cm³/mol. The quantitative estimate of drug-likeness (QED) is 0.591. The van der Waals surface area contributed by atoms with Crippen LogP contribution >= 0.6 is 11.8 Å². The zero-order chi connectivity index (χ0) is 16.1. The fourth-order valence-corrected chi connectivity index (χ4v) is 5.16. The van der Waals surface area contributed by atoms with Gasteiger partial charge >= 0.3 is 0 Å². The molecule has 7 heteroatoms. The molecule has 1 aromatic heterocycles. The summed E-state index contributed by atoms with van der Waals surface area (Å²) in [6, 6.07) is 8.65. The molecule has 0 spiro atoms. The van der Waals surface area contributed by atoms with E-state index < -0.39 is 9.84 Å². The molecule has 0 radical (unpaired) electrons. The van der Waals surface area contributed by atoms with Gasteiger partial charge in [0.2, 0.25) is 0 Å². The van der Waals surface area contributed by atoms with E-state index in [2.05, 4.69) is 14.8 Å². The summed E-state index contributed by atoms with van der Waals surface area (Å²) in [5.41, 5.74) is 0. The lowest BCUT2D eigenvalue weighted by Gasteiger charge is -2.07. The predicted octanol–water partition coefficient (Wildman–Crippen LogP) is 2.96. The lowest BCUT2D eigenvalue weighted by Crippen LogP contribution is -2.08. The molecule has 0 atom stereocenters. The van der Waals surface area contributed by atoms with Gasteiger partial charge in [-0.1, -0.05) is 36.4 Å². The Labute approximate surface area is 141 Å². The molecule has 0 aliphatic carbocycles. The van der Waals surface area contributed by atoms with Crippen LogP contribution in [0.4, 0.5) is 0 Å². The number of benzene rings is 1. The number of nitrogens with zero attached hydrogens (tertiary/aromatic N) is 3. The molecule has 2 aromatic rings. The summed E-state index contributed by atoms with van der Waals surface area (Å²) in [5, 5.41) is 9.45. The standard InChI is InChI=1S/C16H21N3O2S2/c20-23(21,14-8-3-1-4-9-14)13-7-12-22-16-18-17-15-10-5-2-6-11-19(15)16/h1,3-4,8-9H,2,5-7,10-13H2. The van der Waals surface area contributed by atoms with Crippen LogP contribution in [-0.4, -0.2) is 34.7 Å². The zero-order valence-electron chi connectivity index (χ0n) is 13.0. The Balaban J connectivity index is 1.53. The minimum atomic E-state index is -3.18. The van der Waals surface area contributed by atoms with Crippen molar-refractivity contribution in [3.63, 3.8) is 0 Å². The normalized spacial score (nSPS) is 15.1. The third kappa shape index (κ3) is 4.14. The average Bonchev–Trinajstić information content (AvgIpc) is 2.79. The first-order valence-electron chi connectivity index (χ1n) is 7.99. The van der Waals surface area contributed by atoms with Gasteiger partial charge in [0.15, 0.2) is 15.0 Å². The Morgan fingerprint density at radius 3 is 2.74 bits per heavy atom. The molecule has 1 aromatic carbocycles. The van der Waals surface area contributed by atoms with Crippen molar-refractivity contribution in [3.05, 3.63) is 36.2 Å². The van der Waals surface area contributed by atoms with E-state index in [0.29, 0.717) is 11.3 Å². The fraction of sp³-hybridized carbons (Fsp3) is 0.500. The number of thioether (sulfide) groups is 1. The minimum Gasteiger partial charge on any atom is -0.306 e. The van der Waals surface area contributed by atoms with E-state index in [1.807, 2.05) is 6.07 Å². The number of rotatable bonds is 6. The van der Waals surface area contributed by atoms with Gasteiger partial charge in [-0.2, -0.15) is 0 Å². The lowest BCUT2D eigenvalue weighted by atomic mass is 10.2. The molecule has 1 aliphatic heterocycles. The van der Waals surface area contributed by atoms with Crippen molar-refractivity contribution in [1.29, 1.82) is 0 Å². The van der Waals surface area contributed by atoms with Gasteiger partial charge in [-0.3, -0.25) is 0 Å². The summed E-state index contributed by atoms with van der Waals surface area (Å²) in [6.07, 6.45) is 5.20. The van der Waals surface area contributed by atoms with E-state index in [1.54, 1.807) is 36.0 Å². The van der Waals surface area contributed by atoms with Gasteiger partial charge in [-0.15, -0.1) is 10.2 Å². The molecule has 0 N–H and O–H groups in total. The van der Waals surface area contributed by atoms with Crippen LogP contribution in [-0.2, 0) is 22.8 Å². The van der Waals surface area contributed by atoms with Crippen LogP contribution in [0.1, 0.15) is 31.5 Å². The minimum absolute atomic E-state index is 0.172. The van der Waals surface area contributed by atoms with Crippen LogP contribution in [0.2, 0.25) is 0 Å². The molecule has 0 saturated carbocycles. The largest absolute Gasteiger partial charge is 0.306 e. The van der Waals surface area contributed by atoms with Crippen molar-refractivity contribution in [2.45, 2.75) is 48.7 Å². The van der Waals surface area contributed by atoms with Gasteiger partial charge in [0, 0.05) is 18.7 Å². The Hall–Kier alpha value is -1.34. The summed E-state index contributed by atoms with van der Waals surface area (Å²) in [6.45, 7) is 0.979. The molecule has 0 fully saturated rings. The SMILES string of the molecule is O=S(=O)(CCCSc1nnc2n1CCCCC2)c1ccccc1. The lowest BCUT2D eigenvalue weighted by molar-refractivity contribution is 0.590. The van der Waals surface area contributed by atoms with Gasteiger partial charge in [0.1, 0.15) is 5.82 Å². The third-order valence-electron chi connectivity index (χ3n) is 3.97. The van der Waals surface area contributed by atoms with Crippen LogP contribution in [0, 0.1) is 0 Å². The van der Waals surface area contributed by atoms with Crippen molar-refractivity contribution >= 4 is 21.6 Å². The van der Waals surface area contributed by atoms with Gasteiger partial charge in [0.05, 0.1) is 10.6 Å². The van der Waals surface area contributed by atoms with Crippen molar-refractivity contribution in [1.82, 2.24) is 14.8 Å². The molecule has 23 heavy (non-hydrogen) atoms. The monoisotopic (exact) mass is 351 g/mol. The smallest absolute Gasteiger partial charge is 0.191 e. The second-order valence-electron chi connectivity index (χ2n) is 5.70. The number of hydrogen-bond acceptors (Lipinski definition) is 5. The molecular formula is C16H21N3O2S2. The summed E-state index contributed by atoms with van der Waals surface area (Å²) in [5.74, 6) is 1.98. The molecule has 124 valence electrons. The number of hydrogen-bond donors (Lipinski definition) is 0. The van der Waals surface area contributed by atoms with E-state index in [4.69, 9.17) is 0 Å². The molecule has 0 unspecified atom stereocenters. The molecule has 0 saturated heterocycles. The van der Waals surface area contributed by atoms with Gasteiger partial charge < -0.3 is 4.57 Å². The first kappa shape index (κ1) is 16.5. The maximum atomic E-state index is 12.2. The van der Waals surface area contributed by atoms with Crippen molar-refractivity contribution in [3.8, 4) is 0 Å². The summed E-state index contributed by atoms with van der Waals surface area (Å²) in [4.78, 5) is 0.404. The summed E-state index contributed by atoms with van der Waals surface area (Å²) >= 11 is 1.61. The van der Waals surface area contributed by atoms with E-state index in [9.17, 15) is 8.42 Å². The van der Waals surface area contributed by atoms with Gasteiger partial charge in [-0.05, 0) is 31.4 Å². The second kappa shape index (κ2) is 7.49. The highest BCUT2D eigenvalue weighted by molar-refractivity contribution is 7.99. The topological polar surface area (TPSA) is 64.8 Å². The number of fused-ring (bicyclic) bond motifs is 1. The first-order chi connectivity index (χ1) is 11.2.